The molecule has 0 saturated heterocycles. The lowest BCUT2D eigenvalue weighted by atomic mass is 9.94. The molecular formula is C32H22ClNO7. The van der Waals surface area contributed by atoms with E-state index in [1.807, 2.05) is 30.3 Å². The number of nitrogens with zero attached hydrogens (tertiary/aromatic N) is 1. The van der Waals surface area contributed by atoms with Crippen molar-refractivity contribution in [2.75, 3.05) is 12.0 Å². The Kier molecular flexibility index (Phi) is 6.61. The molecule has 6 rings (SSSR count). The summed E-state index contributed by atoms with van der Waals surface area (Å²) < 4.78 is 17.1. The number of carbonyl (C=O) groups excluding carboxylic acids is 2. The Hall–Kier alpha value is -5.21. The van der Waals surface area contributed by atoms with Crippen molar-refractivity contribution in [3.05, 3.63) is 125 Å². The number of fused-ring (bicyclic) bond motifs is 1. The van der Waals surface area contributed by atoms with Crippen molar-refractivity contribution >= 4 is 39.9 Å². The van der Waals surface area contributed by atoms with Crippen LogP contribution in [0.25, 0.3) is 11.0 Å². The largest absolute Gasteiger partial charge is 0.508 e. The molecule has 0 radical (unpaired) electrons. The summed E-state index contributed by atoms with van der Waals surface area (Å²) in [6, 6.07) is 25.7. The van der Waals surface area contributed by atoms with Gasteiger partial charge < -0.3 is 24.1 Å². The van der Waals surface area contributed by atoms with Gasteiger partial charge in [0.2, 0.25) is 5.78 Å². The summed E-state index contributed by atoms with van der Waals surface area (Å²) in [7, 11) is 1.45. The van der Waals surface area contributed by atoms with Crippen LogP contribution in [0.1, 0.15) is 22.2 Å². The Morgan fingerprint density at radius 2 is 1.59 bits per heavy atom. The van der Waals surface area contributed by atoms with Gasteiger partial charge in [0, 0.05) is 22.2 Å². The number of anilines is 1. The van der Waals surface area contributed by atoms with E-state index in [1.165, 1.54) is 30.2 Å². The fourth-order valence-electron chi connectivity index (χ4n) is 4.86. The van der Waals surface area contributed by atoms with Gasteiger partial charge in [0.05, 0.1) is 18.7 Å². The number of aromatic hydroxyl groups is 1. The fraction of sp³-hybridized carbons (Fsp3) is 0.0625. The summed E-state index contributed by atoms with van der Waals surface area (Å²) in [5, 5.41) is 21.9. The van der Waals surface area contributed by atoms with E-state index in [1.54, 1.807) is 48.5 Å². The highest BCUT2D eigenvalue weighted by molar-refractivity contribution is 6.31. The summed E-state index contributed by atoms with van der Waals surface area (Å²) >= 11 is 6.18. The van der Waals surface area contributed by atoms with Gasteiger partial charge in [-0.25, -0.2) is 0 Å². The van der Waals surface area contributed by atoms with Crippen LogP contribution >= 0.6 is 11.6 Å². The number of phenols is 1. The number of ketones is 1. The smallest absolute Gasteiger partial charge is 0.294 e. The Bertz CT molecular complexity index is 1810. The third-order valence-electron chi connectivity index (χ3n) is 6.75. The molecule has 1 aromatic heterocycles. The SMILES string of the molecule is COc1cc(Cl)cc2cc(C(=O)C3=C(O)C(=O)N(c4ccc(Oc5ccccc5)cc4)C3c3ccc(O)cc3)oc12. The van der Waals surface area contributed by atoms with Gasteiger partial charge in [0.15, 0.2) is 22.9 Å². The van der Waals surface area contributed by atoms with Crippen LogP contribution in [0, 0.1) is 0 Å². The highest BCUT2D eigenvalue weighted by atomic mass is 35.5. The quantitative estimate of drug-likeness (QED) is 0.197. The minimum atomic E-state index is -1.02. The number of hydrogen-bond acceptors (Lipinski definition) is 7. The molecule has 8 nitrogen and oxygen atoms in total. The van der Waals surface area contributed by atoms with Crippen LogP contribution in [0.3, 0.4) is 0 Å². The number of ether oxygens (including phenoxy) is 2. The number of rotatable bonds is 7. The van der Waals surface area contributed by atoms with E-state index in [4.69, 9.17) is 25.5 Å². The summed E-state index contributed by atoms with van der Waals surface area (Å²) in [4.78, 5) is 28.7. The zero-order chi connectivity index (χ0) is 28.7. The molecular weight excluding hydrogens is 546 g/mol. The van der Waals surface area contributed by atoms with E-state index in [9.17, 15) is 19.8 Å². The standard InChI is InChI=1S/C32H22ClNO7/c1-39-26-17-20(33)15-19-16-25(41-31(19)26)29(36)27-28(18-7-11-22(35)12-8-18)34(32(38)30(27)37)21-9-13-24(14-10-21)40-23-5-3-2-4-6-23/h2-17,28,35,37H,1H3. The van der Waals surface area contributed by atoms with Crippen LogP contribution < -0.4 is 14.4 Å². The maximum Gasteiger partial charge on any atom is 0.294 e. The molecule has 5 aromatic rings. The van der Waals surface area contributed by atoms with Gasteiger partial charge in [-0.3, -0.25) is 14.5 Å². The molecule has 0 saturated carbocycles. The molecule has 1 atom stereocenters. The lowest BCUT2D eigenvalue weighted by Gasteiger charge is -2.27. The summed E-state index contributed by atoms with van der Waals surface area (Å²) in [5.74, 6) is -0.729. The molecule has 0 bridgehead atoms. The predicted octanol–water partition coefficient (Wildman–Crippen LogP) is 7.38. The fourth-order valence-corrected chi connectivity index (χ4v) is 5.07. The highest BCUT2D eigenvalue weighted by Crippen LogP contribution is 2.43. The van der Waals surface area contributed by atoms with Gasteiger partial charge in [-0.05, 0) is 66.2 Å². The van der Waals surface area contributed by atoms with Crippen LogP contribution in [0.2, 0.25) is 5.02 Å². The van der Waals surface area contributed by atoms with Crippen LogP contribution in [0.5, 0.6) is 23.0 Å². The van der Waals surface area contributed by atoms with E-state index < -0.39 is 23.5 Å². The summed E-state index contributed by atoms with van der Waals surface area (Å²) in [6.45, 7) is 0. The number of Topliss-reactive ketones (excluding diaryl/α,β-unsaturated/α-hetero) is 1. The van der Waals surface area contributed by atoms with E-state index >= 15 is 0 Å². The Morgan fingerprint density at radius 1 is 0.902 bits per heavy atom. The first kappa shape index (κ1) is 26.0. The molecule has 2 N–H and O–H groups in total. The Morgan fingerprint density at radius 3 is 2.27 bits per heavy atom. The molecule has 9 heteroatoms. The van der Waals surface area contributed by atoms with E-state index in [0.717, 1.165) is 0 Å². The number of amides is 1. The van der Waals surface area contributed by atoms with Crippen molar-refractivity contribution in [1.82, 2.24) is 0 Å². The topological polar surface area (TPSA) is 109 Å². The lowest BCUT2D eigenvalue weighted by molar-refractivity contribution is -0.117. The minimum Gasteiger partial charge on any atom is -0.508 e. The molecule has 1 amide bonds. The Labute approximate surface area is 239 Å². The second-order valence-corrected chi connectivity index (χ2v) is 9.74. The molecule has 0 fully saturated rings. The molecule has 204 valence electrons. The Balaban J connectivity index is 1.41. The molecule has 1 aliphatic heterocycles. The molecule has 0 spiro atoms. The normalized spacial score (nSPS) is 15.0. The molecule has 1 aliphatic rings. The van der Waals surface area contributed by atoms with Crippen molar-refractivity contribution in [1.29, 1.82) is 0 Å². The zero-order valence-electron chi connectivity index (χ0n) is 21.6. The van der Waals surface area contributed by atoms with Crippen LogP contribution in [-0.2, 0) is 4.79 Å². The van der Waals surface area contributed by atoms with E-state index in [2.05, 4.69) is 0 Å². The van der Waals surface area contributed by atoms with Crippen molar-refractivity contribution in [2.24, 2.45) is 0 Å². The first-order chi connectivity index (χ1) is 19.8. The van der Waals surface area contributed by atoms with E-state index in [0.29, 0.717) is 44.5 Å². The average molecular weight is 568 g/mol. The molecule has 1 unspecified atom stereocenters. The van der Waals surface area contributed by atoms with E-state index in [-0.39, 0.29) is 17.1 Å². The second kappa shape index (κ2) is 10.4. The van der Waals surface area contributed by atoms with Crippen molar-refractivity contribution < 1.29 is 33.7 Å². The summed E-state index contributed by atoms with van der Waals surface area (Å²) in [6.07, 6.45) is 0. The van der Waals surface area contributed by atoms with Gasteiger partial charge in [-0.2, -0.15) is 0 Å². The molecule has 41 heavy (non-hydrogen) atoms. The molecule has 0 aliphatic carbocycles. The zero-order valence-corrected chi connectivity index (χ0v) is 22.3. The number of methoxy groups -OCH3 is 1. The molecule has 4 aromatic carbocycles. The number of furan rings is 1. The number of aliphatic hydroxyl groups excluding tert-OH is 1. The summed E-state index contributed by atoms with van der Waals surface area (Å²) in [5.41, 5.74) is 1.04. The van der Waals surface area contributed by atoms with Crippen molar-refractivity contribution in [3.63, 3.8) is 0 Å². The van der Waals surface area contributed by atoms with Gasteiger partial charge in [-0.15, -0.1) is 0 Å². The van der Waals surface area contributed by atoms with Crippen LogP contribution in [0.15, 0.2) is 113 Å². The van der Waals surface area contributed by atoms with Crippen molar-refractivity contribution in [3.8, 4) is 23.0 Å². The average Bonchev–Trinajstić information content (AvgIpc) is 3.52. The maximum atomic E-state index is 13.9. The third kappa shape index (κ3) is 4.74. The highest BCUT2D eigenvalue weighted by Gasteiger charge is 2.45. The first-order valence-corrected chi connectivity index (χ1v) is 12.9. The minimum absolute atomic E-state index is 0.00868. The molecule has 2 heterocycles. The van der Waals surface area contributed by atoms with Gasteiger partial charge in [0.25, 0.3) is 5.91 Å². The number of hydrogen-bond donors (Lipinski definition) is 2. The maximum absolute atomic E-state index is 13.9. The monoisotopic (exact) mass is 567 g/mol. The number of phenolic OH excluding ortho intramolecular Hbond substituents is 1. The first-order valence-electron chi connectivity index (χ1n) is 12.5. The predicted molar refractivity (Wildman–Crippen MR) is 153 cm³/mol. The number of benzene rings is 4. The van der Waals surface area contributed by atoms with Gasteiger partial charge >= 0.3 is 0 Å². The van der Waals surface area contributed by atoms with Gasteiger partial charge in [-0.1, -0.05) is 41.9 Å². The third-order valence-corrected chi connectivity index (χ3v) is 6.96. The van der Waals surface area contributed by atoms with Crippen molar-refractivity contribution in [2.45, 2.75) is 6.04 Å². The number of para-hydroxylation sites is 1. The number of aliphatic hydroxyl groups is 1. The lowest BCUT2D eigenvalue weighted by Crippen LogP contribution is -2.31. The number of carbonyl (C=O) groups is 2. The number of halogens is 1. The second-order valence-electron chi connectivity index (χ2n) is 9.31. The van der Waals surface area contributed by atoms with Crippen LogP contribution in [0.4, 0.5) is 5.69 Å². The van der Waals surface area contributed by atoms with Crippen LogP contribution in [-0.4, -0.2) is 29.0 Å². The van der Waals surface area contributed by atoms with Gasteiger partial charge in [0.1, 0.15) is 17.2 Å².